The number of carbonyl (C=O) groups is 1. The fourth-order valence-corrected chi connectivity index (χ4v) is 4.86. The minimum Gasteiger partial charge on any atom is -0.328 e. The lowest BCUT2D eigenvalue weighted by atomic mass is 10.00. The molecular formula is C28H25NO. The van der Waals surface area contributed by atoms with Crippen LogP contribution in [0.1, 0.15) is 41.6 Å². The summed E-state index contributed by atoms with van der Waals surface area (Å²) in [5, 5.41) is 2.35. The molecule has 5 rings (SSSR count). The largest absolute Gasteiger partial charge is 0.328 e. The Morgan fingerprint density at radius 2 is 1.20 bits per heavy atom. The van der Waals surface area contributed by atoms with Crippen LogP contribution in [0.25, 0.3) is 10.8 Å². The summed E-state index contributed by atoms with van der Waals surface area (Å²) in [5.74, 6) is 0.201. The highest BCUT2D eigenvalue weighted by Crippen LogP contribution is 2.44. The lowest BCUT2D eigenvalue weighted by Gasteiger charge is -2.31. The van der Waals surface area contributed by atoms with Crippen LogP contribution < -0.4 is 0 Å². The Bertz CT molecular complexity index is 1100. The Morgan fingerprint density at radius 3 is 1.83 bits per heavy atom. The summed E-state index contributed by atoms with van der Waals surface area (Å²) in [6.07, 6.45) is 2.41. The zero-order chi connectivity index (χ0) is 20.3. The average Bonchev–Trinajstić information content (AvgIpc) is 3.26. The quantitative estimate of drug-likeness (QED) is 0.389. The van der Waals surface area contributed by atoms with Crippen molar-refractivity contribution < 1.29 is 4.79 Å². The lowest BCUT2D eigenvalue weighted by molar-refractivity contribution is -0.133. The fraction of sp³-hybridized carbons (Fsp3) is 0.179. The summed E-state index contributed by atoms with van der Waals surface area (Å²) in [6, 6.07) is 35.8. The molecule has 4 aromatic rings. The van der Waals surface area contributed by atoms with Crippen molar-refractivity contribution in [3.63, 3.8) is 0 Å². The predicted molar refractivity (Wildman–Crippen MR) is 122 cm³/mol. The smallest absolute Gasteiger partial charge is 0.228 e. The normalized spacial score (nSPS) is 18.6. The van der Waals surface area contributed by atoms with Gasteiger partial charge in [-0.3, -0.25) is 4.79 Å². The summed E-state index contributed by atoms with van der Waals surface area (Å²) in [5.41, 5.74) is 3.55. The Morgan fingerprint density at radius 1 is 0.667 bits per heavy atom. The molecule has 1 aliphatic heterocycles. The molecule has 1 amide bonds. The molecule has 0 bridgehead atoms. The molecule has 2 nitrogen and oxygen atoms in total. The molecule has 0 spiro atoms. The fourth-order valence-electron chi connectivity index (χ4n) is 4.86. The molecule has 0 saturated carbocycles. The van der Waals surface area contributed by atoms with Gasteiger partial charge in [0.2, 0.25) is 5.91 Å². The van der Waals surface area contributed by atoms with Gasteiger partial charge in [0, 0.05) is 0 Å². The van der Waals surface area contributed by atoms with Gasteiger partial charge in [-0.05, 0) is 40.3 Å². The van der Waals surface area contributed by atoms with Gasteiger partial charge in [0.25, 0.3) is 0 Å². The van der Waals surface area contributed by atoms with Crippen molar-refractivity contribution >= 4 is 16.7 Å². The van der Waals surface area contributed by atoms with Crippen molar-refractivity contribution in [2.45, 2.75) is 31.3 Å². The summed E-state index contributed by atoms with van der Waals surface area (Å²) in [6.45, 7) is 0. The van der Waals surface area contributed by atoms with Crippen LogP contribution in [0.5, 0.6) is 0 Å². The van der Waals surface area contributed by atoms with Gasteiger partial charge < -0.3 is 4.90 Å². The van der Waals surface area contributed by atoms with E-state index in [1.165, 1.54) is 21.9 Å². The molecule has 0 aliphatic carbocycles. The van der Waals surface area contributed by atoms with Crippen molar-refractivity contribution in [3.05, 3.63) is 120 Å². The lowest BCUT2D eigenvalue weighted by Crippen LogP contribution is -2.34. The molecule has 148 valence electrons. The minimum atomic E-state index is 0.124. The van der Waals surface area contributed by atoms with E-state index in [9.17, 15) is 4.79 Å². The summed E-state index contributed by atoms with van der Waals surface area (Å²) in [7, 11) is 0. The van der Waals surface area contributed by atoms with E-state index in [4.69, 9.17) is 0 Å². The third-order valence-corrected chi connectivity index (χ3v) is 6.26. The maximum Gasteiger partial charge on any atom is 0.228 e. The molecule has 0 N–H and O–H groups in total. The van der Waals surface area contributed by atoms with Gasteiger partial charge in [0.05, 0.1) is 18.5 Å². The first-order valence-electron chi connectivity index (χ1n) is 10.7. The van der Waals surface area contributed by atoms with Gasteiger partial charge in [-0.25, -0.2) is 0 Å². The molecule has 1 heterocycles. The number of likely N-dealkylation sites (tertiary alicyclic amines) is 1. The first kappa shape index (κ1) is 18.6. The zero-order valence-electron chi connectivity index (χ0n) is 16.9. The monoisotopic (exact) mass is 391 g/mol. The molecule has 0 unspecified atom stereocenters. The Labute approximate surface area is 177 Å². The van der Waals surface area contributed by atoms with Crippen molar-refractivity contribution in [3.8, 4) is 0 Å². The Kier molecular flexibility index (Phi) is 5.06. The second-order valence-corrected chi connectivity index (χ2v) is 8.05. The van der Waals surface area contributed by atoms with Gasteiger partial charge in [0.1, 0.15) is 0 Å². The zero-order valence-corrected chi connectivity index (χ0v) is 16.9. The van der Waals surface area contributed by atoms with Crippen molar-refractivity contribution in [1.29, 1.82) is 0 Å². The van der Waals surface area contributed by atoms with E-state index in [2.05, 4.69) is 83.8 Å². The number of benzene rings is 4. The SMILES string of the molecule is O=C(Cc1cccc2ccccc12)N1[C@H](c2ccccc2)CC[C@H]1c1ccccc1. The number of carbonyl (C=O) groups excluding carboxylic acids is 1. The third kappa shape index (κ3) is 3.50. The summed E-state index contributed by atoms with van der Waals surface area (Å²) < 4.78 is 0. The van der Waals surface area contributed by atoms with Crippen LogP contribution in [0.15, 0.2) is 103 Å². The molecule has 30 heavy (non-hydrogen) atoms. The highest BCUT2D eigenvalue weighted by atomic mass is 16.2. The minimum absolute atomic E-state index is 0.124. The maximum atomic E-state index is 13.8. The van der Waals surface area contributed by atoms with Gasteiger partial charge >= 0.3 is 0 Å². The van der Waals surface area contributed by atoms with Gasteiger partial charge in [0.15, 0.2) is 0 Å². The number of hydrogen-bond acceptors (Lipinski definition) is 1. The topological polar surface area (TPSA) is 20.3 Å². The van der Waals surface area contributed by atoms with Gasteiger partial charge in [-0.15, -0.1) is 0 Å². The maximum absolute atomic E-state index is 13.8. The van der Waals surface area contributed by atoms with E-state index in [1.807, 2.05) is 24.3 Å². The average molecular weight is 392 g/mol. The predicted octanol–water partition coefficient (Wildman–Crippen LogP) is 6.49. The van der Waals surface area contributed by atoms with E-state index in [1.54, 1.807) is 0 Å². The molecule has 0 radical (unpaired) electrons. The van der Waals surface area contributed by atoms with Crippen molar-refractivity contribution in [2.75, 3.05) is 0 Å². The molecular weight excluding hydrogens is 366 g/mol. The second kappa shape index (κ2) is 8.16. The number of hydrogen-bond donors (Lipinski definition) is 0. The standard InChI is InChI=1S/C28H25NO/c30-28(20-24-16-9-15-21-10-7-8-17-25(21)24)29-26(22-11-3-1-4-12-22)18-19-27(29)23-13-5-2-6-14-23/h1-17,26-27H,18-20H2/t26-,27-/m0/s1. The number of rotatable bonds is 4. The summed E-state index contributed by atoms with van der Waals surface area (Å²) >= 11 is 0. The molecule has 2 heteroatoms. The highest BCUT2D eigenvalue weighted by molar-refractivity contribution is 5.90. The Hall–Kier alpha value is -3.39. The van der Waals surface area contributed by atoms with Crippen LogP contribution in [0.3, 0.4) is 0 Å². The molecule has 2 atom stereocenters. The van der Waals surface area contributed by atoms with Crippen molar-refractivity contribution in [1.82, 2.24) is 4.90 Å². The summed E-state index contributed by atoms with van der Waals surface area (Å²) in [4.78, 5) is 15.9. The number of fused-ring (bicyclic) bond motifs is 1. The number of amides is 1. The van der Waals surface area contributed by atoms with E-state index in [-0.39, 0.29) is 18.0 Å². The van der Waals surface area contributed by atoms with E-state index in [0.29, 0.717) is 6.42 Å². The van der Waals surface area contributed by atoms with Gasteiger partial charge in [-0.2, -0.15) is 0 Å². The molecule has 1 saturated heterocycles. The Balaban J connectivity index is 1.51. The molecule has 4 aromatic carbocycles. The van der Waals surface area contributed by atoms with Crippen LogP contribution in [0.2, 0.25) is 0 Å². The highest BCUT2D eigenvalue weighted by Gasteiger charge is 2.38. The first-order valence-corrected chi connectivity index (χ1v) is 10.7. The van der Waals surface area contributed by atoms with Gasteiger partial charge in [-0.1, -0.05) is 103 Å². The van der Waals surface area contributed by atoms with E-state index >= 15 is 0 Å². The molecule has 1 aliphatic rings. The van der Waals surface area contributed by atoms with Crippen LogP contribution in [0, 0.1) is 0 Å². The van der Waals surface area contributed by atoms with Crippen LogP contribution in [-0.4, -0.2) is 10.8 Å². The second-order valence-electron chi connectivity index (χ2n) is 8.05. The van der Waals surface area contributed by atoms with E-state index in [0.717, 1.165) is 18.4 Å². The third-order valence-electron chi connectivity index (χ3n) is 6.26. The first-order chi connectivity index (χ1) is 14.8. The van der Waals surface area contributed by atoms with Crippen LogP contribution in [-0.2, 0) is 11.2 Å². The number of nitrogens with zero attached hydrogens (tertiary/aromatic N) is 1. The van der Waals surface area contributed by atoms with Crippen molar-refractivity contribution in [2.24, 2.45) is 0 Å². The van der Waals surface area contributed by atoms with Crippen LogP contribution in [0.4, 0.5) is 0 Å². The van der Waals surface area contributed by atoms with Crippen LogP contribution >= 0.6 is 0 Å². The molecule has 0 aromatic heterocycles. The van der Waals surface area contributed by atoms with E-state index < -0.39 is 0 Å². The molecule has 1 fully saturated rings.